The van der Waals surface area contributed by atoms with E-state index in [1.54, 1.807) is 20.4 Å². The highest BCUT2D eigenvalue weighted by molar-refractivity contribution is 5.67. The van der Waals surface area contributed by atoms with Crippen LogP contribution in [0.1, 0.15) is 25.3 Å². The van der Waals surface area contributed by atoms with Crippen LogP contribution in [0.4, 0.5) is 23.1 Å². The highest BCUT2D eigenvalue weighted by atomic mass is 16.5. The molecule has 2 aromatic carbocycles. The van der Waals surface area contributed by atoms with E-state index in [1.807, 2.05) is 36.4 Å². The van der Waals surface area contributed by atoms with Gasteiger partial charge in [-0.25, -0.2) is 0 Å². The monoisotopic (exact) mass is 365 g/mol. The molecular weight excluding hydrogens is 342 g/mol. The molecular formula is C20H23N5O2. The fourth-order valence-electron chi connectivity index (χ4n) is 2.70. The zero-order valence-corrected chi connectivity index (χ0v) is 15.9. The highest BCUT2D eigenvalue weighted by Crippen LogP contribution is 2.31. The van der Waals surface area contributed by atoms with E-state index in [0.29, 0.717) is 29.2 Å². The first-order chi connectivity index (χ1) is 13.1. The minimum absolute atomic E-state index is 0.379. The first-order valence-electron chi connectivity index (χ1n) is 8.65. The van der Waals surface area contributed by atoms with Gasteiger partial charge in [-0.2, -0.15) is 10.1 Å². The van der Waals surface area contributed by atoms with Crippen molar-refractivity contribution in [2.24, 2.45) is 0 Å². The molecule has 2 N–H and O–H groups in total. The normalized spacial score (nSPS) is 10.6. The largest absolute Gasteiger partial charge is 0.497 e. The van der Waals surface area contributed by atoms with Gasteiger partial charge in [0.15, 0.2) is 5.82 Å². The van der Waals surface area contributed by atoms with Gasteiger partial charge in [-0.15, -0.1) is 5.10 Å². The molecule has 0 unspecified atom stereocenters. The summed E-state index contributed by atoms with van der Waals surface area (Å²) >= 11 is 0. The first-order valence-corrected chi connectivity index (χ1v) is 8.65. The molecule has 0 aliphatic carbocycles. The fourth-order valence-corrected chi connectivity index (χ4v) is 2.70. The number of anilines is 4. The Hall–Kier alpha value is -3.35. The van der Waals surface area contributed by atoms with Crippen molar-refractivity contribution in [1.29, 1.82) is 0 Å². The number of benzene rings is 2. The van der Waals surface area contributed by atoms with Crippen molar-refractivity contribution in [3.05, 3.63) is 54.2 Å². The standard InChI is InChI=1S/C20H23N5O2/c1-13(2)15-7-5-6-8-16(15)23-20-24-19(12-21-25-20)22-17-11-14(26-3)9-10-18(17)27-4/h5-13H,1-4H3,(H2,22,23,24,25). The van der Waals surface area contributed by atoms with Crippen LogP contribution in [0, 0.1) is 0 Å². The number of para-hydroxylation sites is 1. The minimum Gasteiger partial charge on any atom is -0.497 e. The first kappa shape index (κ1) is 18.4. The fraction of sp³-hybridized carbons (Fsp3) is 0.250. The SMILES string of the molecule is COc1ccc(OC)c(Nc2cnnc(Nc3ccccc3C(C)C)n2)c1. The van der Waals surface area contributed by atoms with Gasteiger partial charge in [-0.3, -0.25) is 0 Å². The van der Waals surface area contributed by atoms with Crippen LogP contribution in [0.3, 0.4) is 0 Å². The third-order valence-electron chi connectivity index (χ3n) is 4.06. The number of hydrogen-bond acceptors (Lipinski definition) is 7. The summed E-state index contributed by atoms with van der Waals surface area (Å²) < 4.78 is 10.7. The number of hydrogen-bond donors (Lipinski definition) is 2. The summed E-state index contributed by atoms with van der Waals surface area (Å²) in [5.41, 5.74) is 2.88. The molecule has 1 heterocycles. The van der Waals surface area contributed by atoms with Crippen LogP contribution < -0.4 is 20.1 Å². The zero-order chi connectivity index (χ0) is 19.2. The number of aromatic nitrogens is 3. The van der Waals surface area contributed by atoms with Crippen molar-refractivity contribution in [3.63, 3.8) is 0 Å². The molecule has 0 fully saturated rings. The van der Waals surface area contributed by atoms with Gasteiger partial charge < -0.3 is 20.1 Å². The van der Waals surface area contributed by atoms with Crippen LogP contribution >= 0.6 is 0 Å². The summed E-state index contributed by atoms with van der Waals surface area (Å²) in [4.78, 5) is 4.50. The van der Waals surface area contributed by atoms with Crippen molar-refractivity contribution in [1.82, 2.24) is 15.2 Å². The Morgan fingerprint density at radius 3 is 2.48 bits per heavy atom. The van der Waals surface area contributed by atoms with Gasteiger partial charge in [0.1, 0.15) is 11.5 Å². The van der Waals surface area contributed by atoms with Gasteiger partial charge >= 0.3 is 0 Å². The van der Waals surface area contributed by atoms with Crippen molar-refractivity contribution < 1.29 is 9.47 Å². The number of nitrogens with one attached hydrogen (secondary N) is 2. The second-order valence-corrected chi connectivity index (χ2v) is 6.22. The number of methoxy groups -OCH3 is 2. The molecule has 1 aromatic heterocycles. The van der Waals surface area contributed by atoms with Gasteiger partial charge in [0.2, 0.25) is 5.95 Å². The molecule has 27 heavy (non-hydrogen) atoms. The van der Waals surface area contributed by atoms with E-state index in [9.17, 15) is 0 Å². The van der Waals surface area contributed by atoms with E-state index in [2.05, 4.69) is 45.7 Å². The Kier molecular flexibility index (Phi) is 5.71. The van der Waals surface area contributed by atoms with Crippen molar-refractivity contribution in [2.45, 2.75) is 19.8 Å². The lowest BCUT2D eigenvalue weighted by Gasteiger charge is -2.14. The van der Waals surface area contributed by atoms with E-state index in [1.165, 1.54) is 5.56 Å². The lowest BCUT2D eigenvalue weighted by Crippen LogP contribution is -2.05. The van der Waals surface area contributed by atoms with Crippen LogP contribution in [-0.4, -0.2) is 29.4 Å². The van der Waals surface area contributed by atoms with Gasteiger partial charge in [0, 0.05) is 11.8 Å². The van der Waals surface area contributed by atoms with Gasteiger partial charge in [-0.05, 0) is 29.7 Å². The highest BCUT2D eigenvalue weighted by Gasteiger charge is 2.10. The van der Waals surface area contributed by atoms with Crippen LogP contribution in [0.2, 0.25) is 0 Å². The lowest BCUT2D eigenvalue weighted by atomic mass is 10.0. The average molecular weight is 365 g/mol. The maximum Gasteiger partial charge on any atom is 0.249 e. The van der Waals surface area contributed by atoms with Crippen LogP contribution in [0.25, 0.3) is 0 Å². The van der Waals surface area contributed by atoms with E-state index in [-0.39, 0.29) is 0 Å². The van der Waals surface area contributed by atoms with E-state index in [4.69, 9.17) is 9.47 Å². The Balaban J connectivity index is 1.85. The zero-order valence-electron chi connectivity index (χ0n) is 15.9. The molecule has 0 amide bonds. The van der Waals surface area contributed by atoms with Crippen molar-refractivity contribution >= 4 is 23.1 Å². The summed E-state index contributed by atoms with van der Waals surface area (Å²) in [6.45, 7) is 4.29. The number of nitrogens with zero attached hydrogens (tertiary/aromatic N) is 3. The Morgan fingerprint density at radius 2 is 1.74 bits per heavy atom. The molecule has 7 heteroatoms. The maximum atomic E-state index is 5.39. The Bertz CT molecular complexity index is 914. The summed E-state index contributed by atoms with van der Waals surface area (Å²) in [5.74, 6) is 2.72. The van der Waals surface area contributed by atoms with Crippen LogP contribution in [-0.2, 0) is 0 Å². The summed E-state index contributed by atoms with van der Waals surface area (Å²) in [6.07, 6.45) is 1.55. The topological polar surface area (TPSA) is 81.2 Å². The van der Waals surface area contributed by atoms with Crippen molar-refractivity contribution in [2.75, 3.05) is 24.9 Å². The van der Waals surface area contributed by atoms with E-state index < -0.39 is 0 Å². The third kappa shape index (κ3) is 4.44. The molecule has 3 rings (SSSR count). The summed E-state index contributed by atoms with van der Waals surface area (Å²) in [5, 5.41) is 14.6. The molecule has 0 atom stereocenters. The van der Waals surface area contributed by atoms with E-state index in [0.717, 1.165) is 11.4 Å². The van der Waals surface area contributed by atoms with Crippen LogP contribution in [0.5, 0.6) is 11.5 Å². The summed E-state index contributed by atoms with van der Waals surface area (Å²) in [7, 11) is 3.23. The molecule has 7 nitrogen and oxygen atoms in total. The number of ether oxygens (including phenoxy) is 2. The van der Waals surface area contributed by atoms with Crippen molar-refractivity contribution in [3.8, 4) is 11.5 Å². The predicted octanol–water partition coefficient (Wildman–Crippen LogP) is 4.50. The average Bonchev–Trinajstić information content (AvgIpc) is 2.68. The minimum atomic E-state index is 0.379. The molecule has 0 saturated heterocycles. The molecule has 0 radical (unpaired) electrons. The second-order valence-electron chi connectivity index (χ2n) is 6.22. The molecule has 0 aliphatic rings. The Labute approximate surface area is 158 Å². The third-order valence-corrected chi connectivity index (χ3v) is 4.06. The Morgan fingerprint density at radius 1 is 0.926 bits per heavy atom. The van der Waals surface area contributed by atoms with Crippen LogP contribution in [0.15, 0.2) is 48.7 Å². The molecule has 3 aromatic rings. The van der Waals surface area contributed by atoms with E-state index >= 15 is 0 Å². The van der Waals surface area contributed by atoms with Gasteiger partial charge in [0.05, 0.1) is 26.1 Å². The quantitative estimate of drug-likeness (QED) is 0.638. The number of rotatable bonds is 7. The van der Waals surface area contributed by atoms with Gasteiger partial charge in [-0.1, -0.05) is 32.0 Å². The maximum absolute atomic E-state index is 5.39. The summed E-state index contributed by atoms with van der Waals surface area (Å²) in [6, 6.07) is 13.6. The molecule has 0 aliphatic heterocycles. The molecule has 140 valence electrons. The molecule has 0 spiro atoms. The molecule has 0 bridgehead atoms. The smallest absolute Gasteiger partial charge is 0.249 e. The lowest BCUT2D eigenvalue weighted by molar-refractivity contribution is 0.405. The van der Waals surface area contributed by atoms with Gasteiger partial charge in [0.25, 0.3) is 0 Å². The predicted molar refractivity (Wildman–Crippen MR) is 106 cm³/mol. The molecule has 0 saturated carbocycles. The second kappa shape index (κ2) is 8.35.